The Morgan fingerprint density at radius 3 is 2.58 bits per heavy atom. The summed E-state index contributed by atoms with van der Waals surface area (Å²) in [5.74, 6) is -0.312. The molecule has 0 saturated carbocycles. The maximum Gasteiger partial charge on any atom is 0.303 e. The maximum atomic E-state index is 11.0. The van der Waals surface area contributed by atoms with E-state index in [4.69, 9.17) is 24.1 Å². The van der Waals surface area contributed by atoms with Crippen molar-refractivity contribution in [3.63, 3.8) is 0 Å². The van der Waals surface area contributed by atoms with E-state index in [9.17, 15) is 25.2 Å². The van der Waals surface area contributed by atoms with Gasteiger partial charge in [0.05, 0.1) is 31.5 Å². The van der Waals surface area contributed by atoms with Crippen molar-refractivity contribution >= 4 is 5.97 Å². The number of hydrogen-bond donors (Lipinski definition) is 7. The lowest BCUT2D eigenvalue weighted by Gasteiger charge is -2.34. The quantitative estimate of drug-likeness (QED) is 0.0976. The lowest BCUT2D eigenvalue weighted by molar-refractivity contribution is -0.137. The Balaban J connectivity index is 1.66. The summed E-state index contributed by atoms with van der Waals surface area (Å²) in [6, 6.07) is 8.27. The standard InChI is InChI=1S/C31H46N2O10/c1-4-33-22(7-10-30(37)38)17-41-29-13-21(12-28(40-3)31(29)39)26-15-23(35)14-24(43-26)8-5-20-6-9-25(36)27(11-20)42-18-32-16-19(2)34/h6,9,11-13,19,22-24,26,32-36,39H,4-5,7-8,10,14-18H2,1-3H3,(H,37,38)/t19-,22+,23-,24-,26+/m0/s1. The van der Waals surface area contributed by atoms with E-state index in [1.54, 1.807) is 31.2 Å². The van der Waals surface area contributed by atoms with Gasteiger partial charge in [-0.15, -0.1) is 0 Å². The molecule has 1 aliphatic heterocycles. The number of carbonyl (C=O) groups is 1. The first-order valence-electron chi connectivity index (χ1n) is 14.7. The summed E-state index contributed by atoms with van der Waals surface area (Å²) in [7, 11) is 1.44. The molecule has 0 radical (unpaired) electrons. The molecule has 240 valence electrons. The molecule has 0 aliphatic carbocycles. The van der Waals surface area contributed by atoms with Gasteiger partial charge in [-0.2, -0.15) is 0 Å². The van der Waals surface area contributed by atoms with E-state index in [0.717, 1.165) is 5.56 Å². The number of rotatable bonds is 18. The van der Waals surface area contributed by atoms with Gasteiger partial charge in [0.25, 0.3) is 0 Å². The van der Waals surface area contributed by atoms with Crippen LogP contribution in [0.4, 0.5) is 0 Å². The lowest BCUT2D eigenvalue weighted by Crippen LogP contribution is -2.35. The van der Waals surface area contributed by atoms with Crippen molar-refractivity contribution in [1.82, 2.24) is 10.6 Å². The number of methoxy groups -OCH3 is 1. The van der Waals surface area contributed by atoms with E-state index in [1.807, 2.05) is 13.0 Å². The zero-order valence-corrected chi connectivity index (χ0v) is 25.1. The normalized spacial score (nSPS) is 19.9. The van der Waals surface area contributed by atoms with Crippen molar-refractivity contribution in [1.29, 1.82) is 0 Å². The molecular weight excluding hydrogens is 560 g/mol. The molecule has 0 aromatic heterocycles. The van der Waals surface area contributed by atoms with Crippen LogP contribution in [0.15, 0.2) is 30.3 Å². The molecule has 7 N–H and O–H groups in total. The smallest absolute Gasteiger partial charge is 0.303 e. The Hall–Kier alpha value is -3.29. The Morgan fingerprint density at radius 2 is 1.88 bits per heavy atom. The summed E-state index contributed by atoms with van der Waals surface area (Å²) < 4.78 is 23.3. The SMILES string of the molecule is CCN[C@H](CCC(=O)O)COc1cc([C@H]2C[C@@H](O)C[C@H](CCc3ccc(O)c(OCNC[C@H](C)O)c3)O2)cc(OC)c1O. The minimum absolute atomic E-state index is 0.00871. The molecule has 0 spiro atoms. The molecule has 12 nitrogen and oxygen atoms in total. The van der Waals surface area contributed by atoms with Crippen molar-refractivity contribution < 1.29 is 49.3 Å². The average molecular weight is 607 g/mol. The highest BCUT2D eigenvalue weighted by Crippen LogP contribution is 2.42. The highest BCUT2D eigenvalue weighted by atomic mass is 16.5. The van der Waals surface area contributed by atoms with Gasteiger partial charge in [0.1, 0.15) is 13.3 Å². The van der Waals surface area contributed by atoms with Gasteiger partial charge >= 0.3 is 5.97 Å². The molecule has 0 amide bonds. The monoisotopic (exact) mass is 606 g/mol. The molecule has 1 aliphatic rings. The number of ether oxygens (including phenoxy) is 4. The number of aryl methyl sites for hydroxylation is 1. The third-order valence-electron chi connectivity index (χ3n) is 7.22. The molecule has 1 heterocycles. The number of aromatic hydroxyl groups is 2. The number of carboxylic acid groups (broad SMARTS) is 1. The number of aliphatic hydroxyl groups excluding tert-OH is 2. The summed E-state index contributed by atoms with van der Waals surface area (Å²) in [5, 5.41) is 56.1. The van der Waals surface area contributed by atoms with Crippen LogP contribution in [0.5, 0.6) is 28.7 Å². The molecule has 1 saturated heterocycles. The summed E-state index contributed by atoms with van der Waals surface area (Å²) in [4.78, 5) is 11.0. The van der Waals surface area contributed by atoms with Crippen LogP contribution in [0.25, 0.3) is 0 Å². The molecular formula is C31H46N2O10. The van der Waals surface area contributed by atoms with Gasteiger partial charge in [-0.3, -0.25) is 10.1 Å². The number of phenols is 2. The van der Waals surface area contributed by atoms with Crippen molar-refractivity contribution in [2.24, 2.45) is 0 Å². The molecule has 1 fully saturated rings. The van der Waals surface area contributed by atoms with Crippen LogP contribution in [-0.4, -0.2) is 89.4 Å². The van der Waals surface area contributed by atoms with Crippen LogP contribution < -0.4 is 24.8 Å². The van der Waals surface area contributed by atoms with Gasteiger partial charge in [-0.05, 0) is 74.5 Å². The van der Waals surface area contributed by atoms with Gasteiger partial charge in [0.2, 0.25) is 5.75 Å². The summed E-state index contributed by atoms with van der Waals surface area (Å²) in [6.45, 7) is 4.88. The number of phenolic OH excluding ortho intramolecular Hbond substituents is 2. The molecule has 3 rings (SSSR count). The third-order valence-corrected chi connectivity index (χ3v) is 7.22. The van der Waals surface area contributed by atoms with Gasteiger partial charge in [-0.25, -0.2) is 0 Å². The van der Waals surface area contributed by atoms with E-state index in [0.29, 0.717) is 56.5 Å². The van der Waals surface area contributed by atoms with E-state index in [2.05, 4.69) is 10.6 Å². The molecule has 43 heavy (non-hydrogen) atoms. The molecule has 12 heteroatoms. The minimum Gasteiger partial charge on any atom is -0.504 e. The van der Waals surface area contributed by atoms with Gasteiger partial charge in [-0.1, -0.05) is 13.0 Å². The first-order chi connectivity index (χ1) is 20.6. The van der Waals surface area contributed by atoms with E-state index >= 15 is 0 Å². The van der Waals surface area contributed by atoms with Crippen LogP contribution in [0.2, 0.25) is 0 Å². The van der Waals surface area contributed by atoms with Gasteiger partial charge in [0, 0.05) is 25.4 Å². The molecule has 0 unspecified atom stereocenters. The lowest BCUT2D eigenvalue weighted by atomic mass is 9.93. The van der Waals surface area contributed by atoms with Crippen molar-refractivity contribution in [2.45, 2.75) is 82.8 Å². The predicted octanol–water partition coefficient (Wildman–Crippen LogP) is 2.85. The number of hydrogen-bond acceptors (Lipinski definition) is 11. The number of benzene rings is 2. The Kier molecular flexibility index (Phi) is 13.6. The molecule has 0 bridgehead atoms. The fourth-order valence-corrected chi connectivity index (χ4v) is 5.02. The fraction of sp³-hybridized carbons (Fsp3) is 0.581. The number of nitrogens with one attached hydrogen (secondary N) is 2. The largest absolute Gasteiger partial charge is 0.504 e. The minimum atomic E-state index is -0.891. The highest BCUT2D eigenvalue weighted by molar-refractivity contribution is 5.66. The van der Waals surface area contributed by atoms with Gasteiger partial charge in [0.15, 0.2) is 23.0 Å². The number of aliphatic hydroxyl groups is 2. The fourth-order valence-electron chi connectivity index (χ4n) is 5.02. The first-order valence-corrected chi connectivity index (χ1v) is 14.7. The molecule has 5 atom stereocenters. The van der Waals surface area contributed by atoms with Crippen LogP contribution in [0.3, 0.4) is 0 Å². The molecule has 2 aromatic carbocycles. The Bertz CT molecular complexity index is 1160. The summed E-state index contributed by atoms with van der Waals surface area (Å²) in [6.07, 6.45) is 0.597. The van der Waals surface area contributed by atoms with Crippen LogP contribution in [0.1, 0.15) is 63.2 Å². The van der Waals surface area contributed by atoms with Crippen molar-refractivity contribution in [3.8, 4) is 28.7 Å². The van der Waals surface area contributed by atoms with E-state index in [-0.39, 0.29) is 54.9 Å². The summed E-state index contributed by atoms with van der Waals surface area (Å²) in [5.41, 5.74) is 1.62. The van der Waals surface area contributed by atoms with Crippen molar-refractivity contribution in [2.75, 3.05) is 33.5 Å². The first kappa shape index (κ1) is 34.2. The second kappa shape index (κ2) is 17.1. The second-order valence-electron chi connectivity index (χ2n) is 10.9. The van der Waals surface area contributed by atoms with Crippen LogP contribution in [-0.2, 0) is 16.0 Å². The predicted molar refractivity (Wildman–Crippen MR) is 159 cm³/mol. The van der Waals surface area contributed by atoms with Crippen molar-refractivity contribution in [3.05, 3.63) is 41.5 Å². The third kappa shape index (κ3) is 11.0. The highest BCUT2D eigenvalue weighted by Gasteiger charge is 2.31. The molecule has 2 aromatic rings. The van der Waals surface area contributed by atoms with Crippen LogP contribution >= 0.6 is 0 Å². The Morgan fingerprint density at radius 1 is 1.12 bits per heavy atom. The number of aliphatic carboxylic acids is 1. The number of carboxylic acids is 1. The van der Waals surface area contributed by atoms with Crippen LogP contribution in [0, 0.1) is 0 Å². The number of likely N-dealkylation sites (N-methyl/N-ethyl adjacent to an activating group) is 1. The average Bonchev–Trinajstić information content (AvgIpc) is 2.97. The van der Waals surface area contributed by atoms with E-state index < -0.39 is 24.3 Å². The van der Waals surface area contributed by atoms with E-state index in [1.165, 1.54) is 7.11 Å². The summed E-state index contributed by atoms with van der Waals surface area (Å²) >= 11 is 0. The zero-order chi connectivity index (χ0) is 31.4. The zero-order valence-electron chi connectivity index (χ0n) is 25.1. The Labute approximate surface area is 252 Å². The topological polar surface area (TPSA) is 179 Å². The second-order valence-corrected chi connectivity index (χ2v) is 10.9. The maximum absolute atomic E-state index is 11.0. The van der Waals surface area contributed by atoms with Gasteiger partial charge < -0.3 is 49.8 Å².